The van der Waals surface area contributed by atoms with Gasteiger partial charge in [-0.15, -0.1) is 0 Å². The number of esters is 1. The van der Waals surface area contributed by atoms with Gasteiger partial charge < -0.3 is 14.2 Å². The second-order valence-electron chi connectivity index (χ2n) is 7.02. The van der Waals surface area contributed by atoms with Gasteiger partial charge in [0.2, 0.25) is 5.90 Å². The Morgan fingerprint density at radius 2 is 1.67 bits per heavy atom. The van der Waals surface area contributed by atoms with Gasteiger partial charge in [0.1, 0.15) is 6.61 Å². The van der Waals surface area contributed by atoms with Crippen molar-refractivity contribution >= 4 is 79.1 Å². The summed E-state index contributed by atoms with van der Waals surface area (Å²) >= 11 is 8.08. The molecule has 0 saturated heterocycles. The summed E-state index contributed by atoms with van der Waals surface area (Å²) in [5.41, 5.74) is 2.78. The van der Waals surface area contributed by atoms with Crippen LogP contribution < -0.4 is 9.47 Å². The highest BCUT2D eigenvalue weighted by molar-refractivity contribution is 14.1. The molecule has 1 aliphatic heterocycles. The molecule has 0 amide bonds. The van der Waals surface area contributed by atoms with E-state index in [0.29, 0.717) is 30.6 Å². The van der Waals surface area contributed by atoms with E-state index >= 15 is 0 Å². The fourth-order valence-electron chi connectivity index (χ4n) is 3.09. The SMILES string of the molecule is CCOc1cc(/C=C2\N=C(c3ccc(I)cc3)OC2=O)cc(Br)c1OCc1ccc(I)cc1. The van der Waals surface area contributed by atoms with Gasteiger partial charge in [-0.05, 0) is 134 Å². The molecular weight excluding hydrogens is 712 g/mol. The van der Waals surface area contributed by atoms with Crippen LogP contribution in [0.25, 0.3) is 6.08 Å². The molecule has 0 saturated carbocycles. The van der Waals surface area contributed by atoms with Crippen LogP contribution in [0.15, 0.2) is 75.8 Å². The van der Waals surface area contributed by atoms with Gasteiger partial charge in [-0.25, -0.2) is 9.79 Å². The molecule has 168 valence electrons. The molecule has 8 heteroatoms. The molecule has 0 N–H and O–H groups in total. The van der Waals surface area contributed by atoms with Crippen LogP contribution >= 0.6 is 61.1 Å². The summed E-state index contributed by atoms with van der Waals surface area (Å²) in [5.74, 6) is 0.993. The molecule has 33 heavy (non-hydrogen) atoms. The number of rotatable bonds is 7. The van der Waals surface area contributed by atoms with E-state index in [1.807, 2.05) is 67.6 Å². The van der Waals surface area contributed by atoms with Crippen molar-refractivity contribution in [1.29, 1.82) is 0 Å². The summed E-state index contributed by atoms with van der Waals surface area (Å²) in [6.45, 7) is 2.80. The van der Waals surface area contributed by atoms with Crippen molar-refractivity contribution < 1.29 is 19.0 Å². The first-order valence-corrected chi connectivity index (χ1v) is 13.0. The summed E-state index contributed by atoms with van der Waals surface area (Å²) < 4.78 is 20.2. The van der Waals surface area contributed by atoms with Gasteiger partial charge in [0.25, 0.3) is 0 Å². The quantitative estimate of drug-likeness (QED) is 0.150. The second-order valence-corrected chi connectivity index (χ2v) is 10.4. The summed E-state index contributed by atoms with van der Waals surface area (Å²) in [6, 6.07) is 19.5. The zero-order valence-corrected chi connectivity index (χ0v) is 23.4. The van der Waals surface area contributed by atoms with Crippen molar-refractivity contribution in [1.82, 2.24) is 0 Å². The van der Waals surface area contributed by atoms with Crippen molar-refractivity contribution in [3.63, 3.8) is 0 Å². The van der Waals surface area contributed by atoms with Gasteiger partial charge in [0, 0.05) is 12.7 Å². The number of carbonyl (C=O) groups excluding carboxylic acids is 1. The van der Waals surface area contributed by atoms with Gasteiger partial charge in [0.15, 0.2) is 17.2 Å². The molecule has 0 radical (unpaired) electrons. The molecule has 3 aromatic rings. The monoisotopic (exact) mass is 729 g/mol. The van der Waals surface area contributed by atoms with E-state index in [2.05, 4.69) is 66.1 Å². The Morgan fingerprint density at radius 1 is 1.00 bits per heavy atom. The van der Waals surface area contributed by atoms with E-state index in [4.69, 9.17) is 14.2 Å². The molecule has 0 bridgehead atoms. The maximum Gasteiger partial charge on any atom is 0.363 e. The van der Waals surface area contributed by atoms with Crippen LogP contribution in [0.5, 0.6) is 11.5 Å². The second kappa shape index (κ2) is 11.0. The minimum Gasteiger partial charge on any atom is -0.490 e. The first kappa shape index (κ1) is 24.2. The Morgan fingerprint density at radius 3 is 2.33 bits per heavy atom. The number of nitrogens with zero attached hydrogens (tertiary/aromatic N) is 1. The van der Waals surface area contributed by atoms with Crippen LogP contribution in [0.1, 0.15) is 23.6 Å². The number of carbonyl (C=O) groups is 1. The molecule has 0 spiro atoms. The lowest BCUT2D eigenvalue weighted by Crippen LogP contribution is -2.05. The highest BCUT2D eigenvalue weighted by Crippen LogP contribution is 2.38. The topological polar surface area (TPSA) is 57.1 Å². The van der Waals surface area contributed by atoms with E-state index in [1.54, 1.807) is 6.08 Å². The molecule has 0 fully saturated rings. The number of hydrogen-bond donors (Lipinski definition) is 0. The lowest BCUT2D eigenvalue weighted by Gasteiger charge is -2.15. The molecule has 0 aromatic heterocycles. The Bertz CT molecular complexity index is 1240. The summed E-state index contributed by atoms with van der Waals surface area (Å²) in [5, 5.41) is 0. The summed E-state index contributed by atoms with van der Waals surface area (Å²) in [4.78, 5) is 16.8. The largest absolute Gasteiger partial charge is 0.490 e. The number of cyclic esters (lactones) is 1. The van der Waals surface area contributed by atoms with Gasteiger partial charge in [-0.2, -0.15) is 0 Å². The van der Waals surface area contributed by atoms with Crippen molar-refractivity contribution in [3.05, 3.63) is 94.7 Å². The lowest BCUT2D eigenvalue weighted by molar-refractivity contribution is -0.129. The van der Waals surface area contributed by atoms with Gasteiger partial charge in [-0.1, -0.05) is 12.1 Å². The maximum atomic E-state index is 12.4. The normalized spacial score (nSPS) is 14.2. The number of benzene rings is 3. The molecule has 5 nitrogen and oxygen atoms in total. The van der Waals surface area contributed by atoms with E-state index in [-0.39, 0.29) is 5.70 Å². The fraction of sp³-hybridized carbons (Fsp3) is 0.120. The molecular formula is C25H18BrI2NO4. The van der Waals surface area contributed by atoms with Crippen molar-refractivity contribution in [2.45, 2.75) is 13.5 Å². The maximum absolute atomic E-state index is 12.4. The Hall–Kier alpha value is -1.92. The predicted octanol–water partition coefficient (Wildman–Crippen LogP) is 6.98. The van der Waals surface area contributed by atoms with Crippen LogP contribution in [-0.2, 0) is 16.1 Å². The number of aliphatic imine (C=N–C) groups is 1. The average molecular weight is 730 g/mol. The number of halogens is 3. The van der Waals surface area contributed by atoms with Crippen molar-refractivity contribution in [3.8, 4) is 11.5 Å². The van der Waals surface area contributed by atoms with Crippen LogP contribution in [0.2, 0.25) is 0 Å². The van der Waals surface area contributed by atoms with Gasteiger partial charge >= 0.3 is 5.97 Å². The molecule has 1 heterocycles. The van der Waals surface area contributed by atoms with Crippen molar-refractivity contribution in [2.24, 2.45) is 4.99 Å². The van der Waals surface area contributed by atoms with Crippen molar-refractivity contribution in [2.75, 3.05) is 6.61 Å². The van der Waals surface area contributed by atoms with Crippen LogP contribution in [0, 0.1) is 7.14 Å². The van der Waals surface area contributed by atoms with E-state index in [0.717, 1.165) is 24.7 Å². The Kier molecular flexibility index (Phi) is 8.07. The number of ether oxygens (including phenoxy) is 3. The minimum atomic E-state index is -0.489. The molecule has 0 aliphatic carbocycles. The first-order valence-electron chi connectivity index (χ1n) is 10.0. The van der Waals surface area contributed by atoms with Gasteiger partial charge in [0.05, 0.1) is 11.1 Å². The molecule has 1 aliphatic rings. The van der Waals surface area contributed by atoms with Crippen LogP contribution in [0.3, 0.4) is 0 Å². The smallest absolute Gasteiger partial charge is 0.363 e. The van der Waals surface area contributed by atoms with E-state index < -0.39 is 5.97 Å². The Balaban J connectivity index is 1.60. The molecule has 4 rings (SSSR count). The molecule has 0 unspecified atom stereocenters. The van der Waals surface area contributed by atoms with Gasteiger partial charge in [-0.3, -0.25) is 0 Å². The molecule has 3 aromatic carbocycles. The minimum absolute atomic E-state index is 0.227. The third-order valence-corrected chi connectivity index (χ3v) is 6.67. The zero-order valence-electron chi connectivity index (χ0n) is 17.5. The fourth-order valence-corrected chi connectivity index (χ4v) is 4.39. The molecule has 0 atom stereocenters. The summed E-state index contributed by atoms with van der Waals surface area (Å²) in [6.07, 6.45) is 1.68. The third-order valence-electron chi connectivity index (χ3n) is 4.64. The zero-order chi connectivity index (χ0) is 23.4. The Labute approximate surface area is 227 Å². The number of hydrogen-bond acceptors (Lipinski definition) is 5. The van der Waals surface area contributed by atoms with Crippen LogP contribution in [-0.4, -0.2) is 18.5 Å². The average Bonchev–Trinajstić information content (AvgIpc) is 3.15. The highest BCUT2D eigenvalue weighted by Gasteiger charge is 2.24. The standard InChI is InChI=1S/C25H18BrI2NO4/c1-2-31-22-13-16(11-20(26)23(22)32-14-15-3-7-18(27)8-4-15)12-21-25(30)33-24(29-21)17-5-9-19(28)10-6-17/h3-13H,2,14H2,1H3/b21-12-. The van der Waals surface area contributed by atoms with E-state index in [1.165, 1.54) is 3.57 Å². The third kappa shape index (κ3) is 6.15. The van der Waals surface area contributed by atoms with E-state index in [9.17, 15) is 4.79 Å². The first-order chi connectivity index (χ1) is 15.9. The summed E-state index contributed by atoms with van der Waals surface area (Å²) in [7, 11) is 0. The predicted molar refractivity (Wildman–Crippen MR) is 149 cm³/mol. The highest BCUT2D eigenvalue weighted by atomic mass is 127. The van der Waals surface area contributed by atoms with Crippen LogP contribution in [0.4, 0.5) is 0 Å². The lowest BCUT2D eigenvalue weighted by atomic mass is 10.1.